The summed E-state index contributed by atoms with van der Waals surface area (Å²) in [5.41, 5.74) is 16.3. The summed E-state index contributed by atoms with van der Waals surface area (Å²) in [6.07, 6.45) is 12.5. The number of hydrogen-bond donors (Lipinski definition) is 0. The van der Waals surface area contributed by atoms with E-state index >= 15 is 0 Å². The van der Waals surface area contributed by atoms with Crippen LogP contribution in [0.4, 0.5) is 0 Å². The molecule has 0 amide bonds. The van der Waals surface area contributed by atoms with Crippen LogP contribution in [-0.2, 0) is 0 Å². The molecule has 0 radical (unpaired) electrons. The molecule has 3 unspecified atom stereocenters. The van der Waals surface area contributed by atoms with E-state index in [1.54, 1.807) is 0 Å². The zero-order valence-electron chi connectivity index (χ0n) is 30.7. The first-order valence-corrected chi connectivity index (χ1v) is 19.1. The molecule has 0 bridgehead atoms. The van der Waals surface area contributed by atoms with Crippen molar-refractivity contribution in [3.8, 4) is 11.1 Å². The summed E-state index contributed by atoms with van der Waals surface area (Å²) in [6.45, 7) is 6.52. The molecule has 2 aliphatic carbocycles. The lowest BCUT2D eigenvalue weighted by molar-refractivity contribution is 0.685. The number of para-hydroxylation sites is 1. The maximum Gasteiger partial charge on any atom is 0.100 e. The van der Waals surface area contributed by atoms with Crippen molar-refractivity contribution in [1.82, 2.24) is 4.57 Å². The summed E-state index contributed by atoms with van der Waals surface area (Å²) >= 11 is 0. The fourth-order valence-electron chi connectivity index (χ4n) is 8.97. The number of rotatable bonds is 6. The second-order valence-electron chi connectivity index (χ2n) is 14.6. The van der Waals surface area contributed by atoms with Crippen molar-refractivity contribution < 1.29 is 0 Å². The van der Waals surface area contributed by atoms with E-state index in [1.165, 1.54) is 38.6 Å². The molecule has 262 valence electrons. The summed E-state index contributed by atoms with van der Waals surface area (Å²) in [6, 6.07) is 54.4. The lowest BCUT2D eigenvalue weighted by Crippen LogP contribution is -2.28. The standard InChI is InChI=1S/C52H39N3/c1-3-35-19-13-14-26-39(35)51(37-22-9-5-10-23-37)53-33-55-46-30-18-17-28-41(46)44-31-43-40-27-15-16-29-42(40)49-48(45(43)32-47(44)55)34(2)50(36-20-7-4-8-21-36)54-52(49)38-24-11-6-12-25-38/h3-35,48H,1H2,2H3/b51-39-,53-33?. The fraction of sp³-hybridized carbons (Fsp3) is 0.0769. The van der Waals surface area contributed by atoms with Gasteiger partial charge in [0, 0.05) is 39.7 Å². The van der Waals surface area contributed by atoms with Gasteiger partial charge in [-0.05, 0) is 57.2 Å². The average Bonchev–Trinajstić information content (AvgIpc) is 3.56. The molecule has 0 N–H and O–H groups in total. The van der Waals surface area contributed by atoms with Crippen LogP contribution < -0.4 is 0 Å². The van der Waals surface area contributed by atoms with Crippen LogP contribution in [0.5, 0.6) is 0 Å². The van der Waals surface area contributed by atoms with Gasteiger partial charge in [-0.1, -0.05) is 171 Å². The average molecular weight is 706 g/mol. The first-order chi connectivity index (χ1) is 27.2. The Morgan fingerprint density at radius 1 is 0.673 bits per heavy atom. The summed E-state index contributed by atoms with van der Waals surface area (Å²) < 4.78 is 2.29. The largest absolute Gasteiger partial charge is 0.300 e. The first-order valence-electron chi connectivity index (χ1n) is 19.1. The lowest BCUT2D eigenvalue weighted by Gasteiger charge is -2.39. The molecule has 1 aromatic heterocycles. The first kappa shape index (κ1) is 32.8. The van der Waals surface area contributed by atoms with Gasteiger partial charge in [-0.15, -0.1) is 6.58 Å². The Morgan fingerprint density at radius 2 is 1.35 bits per heavy atom. The summed E-state index contributed by atoms with van der Waals surface area (Å²) in [7, 11) is 0. The van der Waals surface area contributed by atoms with Crippen LogP contribution in [-0.4, -0.2) is 16.6 Å². The van der Waals surface area contributed by atoms with Gasteiger partial charge in [-0.2, -0.15) is 0 Å². The van der Waals surface area contributed by atoms with Crippen molar-refractivity contribution in [1.29, 1.82) is 0 Å². The summed E-state index contributed by atoms with van der Waals surface area (Å²) in [4.78, 5) is 10.9. The Morgan fingerprint density at radius 3 is 2.11 bits per heavy atom. The maximum absolute atomic E-state index is 5.56. The molecule has 0 spiro atoms. The number of allylic oxidation sites excluding steroid dienone is 7. The number of aliphatic imine (C=N–C) groups is 2. The van der Waals surface area contributed by atoms with Crippen LogP contribution in [0.2, 0.25) is 0 Å². The van der Waals surface area contributed by atoms with E-state index in [0.717, 1.165) is 50.4 Å². The third-order valence-electron chi connectivity index (χ3n) is 11.5. The Labute approximate surface area is 322 Å². The van der Waals surface area contributed by atoms with Crippen LogP contribution >= 0.6 is 0 Å². The summed E-state index contributed by atoms with van der Waals surface area (Å²) in [5, 5.41) is 2.42. The monoisotopic (exact) mass is 705 g/mol. The second kappa shape index (κ2) is 13.5. The minimum atomic E-state index is 0.0693. The molecule has 0 fully saturated rings. The van der Waals surface area contributed by atoms with E-state index in [0.29, 0.717) is 0 Å². The maximum atomic E-state index is 5.56. The van der Waals surface area contributed by atoms with E-state index < -0.39 is 0 Å². The lowest BCUT2D eigenvalue weighted by atomic mass is 9.66. The number of benzene rings is 6. The predicted molar refractivity (Wildman–Crippen MR) is 232 cm³/mol. The normalized spacial score (nSPS) is 19.7. The van der Waals surface area contributed by atoms with E-state index in [-0.39, 0.29) is 17.8 Å². The van der Waals surface area contributed by atoms with Gasteiger partial charge in [0.25, 0.3) is 0 Å². The van der Waals surface area contributed by atoms with Crippen LogP contribution in [0.3, 0.4) is 0 Å². The Bertz CT molecular complexity index is 2830. The minimum Gasteiger partial charge on any atom is -0.300 e. The molecule has 3 aliphatic rings. The topological polar surface area (TPSA) is 29.6 Å². The van der Waals surface area contributed by atoms with E-state index in [9.17, 15) is 0 Å². The number of nitrogens with zero attached hydrogens (tertiary/aromatic N) is 3. The second-order valence-corrected chi connectivity index (χ2v) is 14.6. The van der Waals surface area contributed by atoms with Crippen molar-refractivity contribution in [3.05, 3.63) is 222 Å². The van der Waals surface area contributed by atoms with Crippen molar-refractivity contribution >= 4 is 50.8 Å². The van der Waals surface area contributed by atoms with Gasteiger partial charge in [0.1, 0.15) is 6.34 Å². The number of fused-ring (bicyclic) bond motifs is 9. The van der Waals surface area contributed by atoms with E-state index in [1.807, 2.05) is 12.4 Å². The molecular formula is C52H39N3. The van der Waals surface area contributed by atoms with Crippen molar-refractivity contribution in [2.75, 3.05) is 0 Å². The Balaban J connectivity index is 1.25. The van der Waals surface area contributed by atoms with E-state index in [2.05, 4.69) is 194 Å². The van der Waals surface area contributed by atoms with Crippen LogP contribution in [0, 0.1) is 11.8 Å². The quantitative estimate of drug-likeness (QED) is 0.0937. The Hall–Kier alpha value is -6.84. The smallest absolute Gasteiger partial charge is 0.100 e. The van der Waals surface area contributed by atoms with Crippen LogP contribution in [0.1, 0.15) is 40.7 Å². The molecular weight excluding hydrogens is 667 g/mol. The highest BCUT2D eigenvalue weighted by molar-refractivity contribution is 6.17. The van der Waals surface area contributed by atoms with Gasteiger partial charge < -0.3 is 0 Å². The van der Waals surface area contributed by atoms with Gasteiger partial charge in [-0.25, -0.2) is 4.99 Å². The van der Waals surface area contributed by atoms with E-state index in [4.69, 9.17) is 9.98 Å². The highest BCUT2D eigenvalue weighted by atomic mass is 15.0. The molecule has 55 heavy (non-hydrogen) atoms. The molecule has 0 saturated heterocycles. The molecule has 3 heteroatoms. The zero-order chi connectivity index (χ0) is 36.9. The van der Waals surface area contributed by atoms with Crippen molar-refractivity contribution in [2.24, 2.45) is 21.8 Å². The van der Waals surface area contributed by atoms with Gasteiger partial charge in [-0.3, -0.25) is 9.56 Å². The third kappa shape index (κ3) is 5.42. The molecule has 3 atom stereocenters. The van der Waals surface area contributed by atoms with Gasteiger partial charge in [0.2, 0.25) is 0 Å². The Kier molecular flexibility index (Phi) is 8.07. The highest BCUT2D eigenvalue weighted by Gasteiger charge is 2.40. The van der Waals surface area contributed by atoms with Crippen molar-refractivity contribution in [2.45, 2.75) is 12.8 Å². The SMILES string of the molecule is C=CC1C=CC=C/C1=C(/N=Cn1c2ccccc2c2cc3c(cc21)C1C(=C(c2ccccc2)N=C(c2ccccc2)C1C)c1ccccc1-3)c1ccccc1. The van der Waals surface area contributed by atoms with Crippen molar-refractivity contribution in [3.63, 3.8) is 0 Å². The number of aromatic nitrogens is 1. The third-order valence-corrected chi connectivity index (χ3v) is 11.5. The highest BCUT2D eigenvalue weighted by Crippen LogP contribution is 2.56. The van der Waals surface area contributed by atoms with Crippen LogP contribution in [0.25, 0.3) is 49.9 Å². The molecule has 7 aromatic rings. The molecule has 0 saturated carbocycles. The number of hydrogen-bond acceptors (Lipinski definition) is 2. The van der Waals surface area contributed by atoms with Gasteiger partial charge >= 0.3 is 0 Å². The molecule has 3 nitrogen and oxygen atoms in total. The summed E-state index contributed by atoms with van der Waals surface area (Å²) in [5.74, 6) is 0.271. The molecule has 2 heterocycles. The fourth-order valence-corrected chi connectivity index (χ4v) is 8.97. The predicted octanol–water partition coefficient (Wildman–Crippen LogP) is 12.8. The molecule has 6 aromatic carbocycles. The zero-order valence-corrected chi connectivity index (χ0v) is 30.7. The van der Waals surface area contributed by atoms with Gasteiger partial charge in [0.15, 0.2) is 0 Å². The molecule has 10 rings (SSSR count). The van der Waals surface area contributed by atoms with Gasteiger partial charge in [0.05, 0.1) is 28.1 Å². The van der Waals surface area contributed by atoms with Crippen LogP contribution in [0.15, 0.2) is 204 Å². The molecule has 1 aliphatic heterocycles. The minimum absolute atomic E-state index is 0.0693.